The highest BCUT2D eigenvalue weighted by atomic mass is 32.1. The first-order chi connectivity index (χ1) is 17.9. The molecule has 5 rings (SSSR count). The molecule has 1 atom stereocenters. The van der Waals surface area contributed by atoms with E-state index in [-0.39, 0.29) is 50.2 Å². The number of rotatable bonds is 8. The third kappa shape index (κ3) is 5.02. The van der Waals surface area contributed by atoms with Crippen molar-refractivity contribution in [3.63, 3.8) is 0 Å². The molecule has 3 N–H and O–H groups in total. The zero-order valence-electron chi connectivity index (χ0n) is 22.2. The fraction of sp³-hybridized carbons (Fsp3) is 0.630. The number of amides is 2. The van der Waals surface area contributed by atoms with Gasteiger partial charge in [-0.25, -0.2) is 18.7 Å². The lowest BCUT2D eigenvalue weighted by atomic mass is 9.78. The SMILES string of the molecule is C[C@@H](NC(=O)c1nc(C(=O)N2[C@H]3CC[C@@H]2CC3)c(-c2cnc(NC3(C)CCC3)cc2C(F)F)s1)C(C)(C)O. The highest BCUT2D eigenvalue weighted by molar-refractivity contribution is 7.17. The van der Waals surface area contributed by atoms with Crippen LogP contribution in [0.5, 0.6) is 0 Å². The van der Waals surface area contributed by atoms with E-state index in [2.05, 4.69) is 20.6 Å². The van der Waals surface area contributed by atoms with Crippen LogP contribution in [-0.4, -0.2) is 61.1 Å². The fourth-order valence-electron chi connectivity index (χ4n) is 5.60. The fourth-order valence-corrected chi connectivity index (χ4v) is 6.59. The van der Waals surface area contributed by atoms with Crippen molar-refractivity contribution in [2.75, 3.05) is 5.32 Å². The Bertz CT molecular complexity index is 1220. The Morgan fingerprint density at radius 3 is 2.37 bits per heavy atom. The van der Waals surface area contributed by atoms with Gasteiger partial charge in [-0.05, 0) is 78.7 Å². The Morgan fingerprint density at radius 2 is 1.84 bits per heavy atom. The average Bonchev–Trinajstić information content (AvgIpc) is 3.56. The summed E-state index contributed by atoms with van der Waals surface area (Å²) < 4.78 is 28.8. The second-order valence-electron chi connectivity index (χ2n) is 11.7. The van der Waals surface area contributed by atoms with E-state index in [0.29, 0.717) is 5.82 Å². The molecule has 2 bridgehead atoms. The average molecular weight is 548 g/mol. The van der Waals surface area contributed by atoms with Gasteiger partial charge in [-0.1, -0.05) is 0 Å². The highest BCUT2D eigenvalue weighted by Gasteiger charge is 2.44. The Morgan fingerprint density at radius 1 is 1.21 bits per heavy atom. The summed E-state index contributed by atoms with van der Waals surface area (Å²) in [5, 5.41) is 16.2. The quantitative estimate of drug-likeness (QED) is 0.422. The van der Waals surface area contributed by atoms with Crippen molar-refractivity contribution < 1.29 is 23.5 Å². The van der Waals surface area contributed by atoms with Crippen LogP contribution in [0.15, 0.2) is 12.3 Å². The molecule has 2 amide bonds. The maximum Gasteiger partial charge on any atom is 0.280 e. The van der Waals surface area contributed by atoms with Gasteiger partial charge in [0.25, 0.3) is 18.2 Å². The Labute approximate surface area is 225 Å². The van der Waals surface area contributed by atoms with Crippen molar-refractivity contribution in [1.82, 2.24) is 20.2 Å². The van der Waals surface area contributed by atoms with E-state index >= 15 is 0 Å². The molecule has 4 heterocycles. The summed E-state index contributed by atoms with van der Waals surface area (Å²) in [5.74, 6) is -0.546. The topological polar surface area (TPSA) is 107 Å². The molecule has 2 aromatic rings. The maximum atomic E-state index is 14.4. The number of hydrogen-bond acceptors (Lipinski definition) is 7. The van der Waals surface area contributed by atoms with Crippen LogP contribution >= 0.6 is 11.3 Å². The Hall–Kier alpha value is -2.66. The van der Waals surface area contributed by atoms with Crippen molar-refractivity contribution in [3.05, 3.63) is 28.5 Å². The molecule has 1 saturated carbocycles. The summed E-state index contributed by atoms with van der Waals surface area (Å²) in [4.78, 5) is 37.7. The molecule has 8 nitrogen and oxygen atoms in total. The summed E-state index contributed by atoms with van der Waals surface area (Å²) in [6, 6.07) is 0.953. The van der Waals surface area contributed by atoms with Crippen LogP contribution in [0, 0.1) is 0 Å². The monoisotopic (exact) mass is 547 g/mol. The van der Waals surface area contributed by atoms with Gasteiger partial charge in [0.1, 0.15) is 11.5 Å². The van der Waals surface area contributed by atoms with Crippen LogP contribution in [0.1, 0.15) is 105 Å². The van der Waals surface area contributed by atoms with Gasteiger partial charge in [0.05, 0.1) is 16.5 Å². The molecule has 3 aliphatic rings. The van der Waals surface area contributed by atoms with Gasteiger partial charge in [0, 0.05) is 34.9 Å². The van der Waals surface area contributed by atoms with Crippen molar-refractivity contribution in [2.24, 2.45) is 0 Å². The molecule has 1 aliphatic carbocycles. The first kappa shape index (κ1) is 26.9. The third-order valence-corrected chi connectivity index (χ3v) is 9.51. The number of halogens is 2. The van der Waals surface area contributed by atoms with E-state index in [1.165, 1.54) is 12.3 Å². The molecule has 38 heavy (non-hydrogen) atoms. The van der Waals surface area contributed by atoms with E-state index in [1.54, 1.807) is 20.8 Å². The summed E-state index contributed by atoms with van der Waals surface area (Å²) >= 11 is 0.904. The molecule has 2 saturated heterocycles. The Balaban J connectivity index is 1.54. The number of alkyl halides is 2. The van der Waals surface area contributed by atoms with Crippen LogP contribution in [0.25, 0.3) is 10.4 Å². The molecule has 2 aromatic heterocycles. The minimum Gasteiger partial charge on any atom is -0.388 e. The number of fused-ring (bicyclic) bond motifs is 2. The number of nitrogens with zero attached hydrogens (tertiary/aromatic N) is 3. The second-order valence-corrected chi connectivity index (χ2v) is 12.7. The summed E-state index contributed by atoms with van der Waals surface area (Å²) in [6.07, 6.45) is 5.14. The van der Waals surface area contributed by atoms with E-state index in [4.69, 9.17) is 0 Å². The van der Waals surface area contributed by atoms with Crippen LogP contribution in [0.3, 0.4) is 0 Å². The third-order valence-electron chi connectivity index (χ3n) is 8.42. The lowest BCUT2D eigenvalue weighted by molar-refractivity contribution is 0.0408. The standard InChI is InChI=1S/C27H35F2N5O3S/c1-14(26(2,3)37)31-23(35)24-32-20(25(36)34-15-6-7-16(34)9-8-15)21(38-24)18-13-30-19(12-17(18)22(28)29)33-27(4)10-5-11-27/h12-16,22,37H,5-11H2,1-4H3,(H,30,33)(H,31,35)/t14-,15-,16+/m1/s1. The normalized spacial score (nSPS) is 22.9. The zero-order valence-corrected chi connectivity index (χ0v) is 23.0. The van der Waals surface area contributed by atoms with Gasteiger partial charge in [0.15, 0.2) is 5.01 Å². The number of carbonyl (C=O) groups excluding carboxylic acids is 2. The molecular weight excluding hydrogens is 512 g/mol. The van der Waals surface area contributed by atoms with Crippen LogP contribution in [0.4, 0.5) is 14.6 Å². The lowest BCUT2D eigenvalue weighted by Gasteiger charge is -2.39. The van der Waals surface area contributed by atoms with Crippen molar-refractivity contribution >= 4 is 29.0 Å². The number of thiazole rings is 1. The zero-order chi connectivity index (χ0) is 27.4. The molecule has 0 aromatic carbocycles. The first-order valence-corrected chi connectivity index (χ1v) is 14.1. The van der Waals surface area contributed by atoms with Gasteiger partial charge < -0.3 is 20.6 Å². The van der Waals surface area contributed by atoms with E-state index in [0.717, 1.165) is 56.3 Å². The molecule has 3 fully saturated rings. The van der Waals surface area contributed by atoms with Crippen LogP contribution < -0.4 is 10.6 Å². The molecule has 206 valence electrons. The van der Waals surface area contributed by atoms with Gasteiger partial charge in [-0.2, -0.15) is 0 Å². The number of nitrogens with one attached hydrogen (secondary N) is 2. The summed E-state index contributed by atoms with van der Waals surface area (Å²) in [5.41, 5.74) is -1.51. The molecule has 0 spiro atoms. The minimum atomic E-state index is -2.82. The van der Waals surface area contributed by atoms with Gasteiger partial charge >= 0.3 is 0 Å². The maximum absolute atomic E-state index is 14.4. The predicted octanol–water partition coefficient (Wildman–Crippen LogP) is 5.15. The highest BCUT2D eigenvalue weighted by Crippen LogP contribution is 2.43. The van der Waals surface area contributed by atoms with E-state index in [9.17, 15) is 23.5 Å². The van der Waals surface area contributed by atoms with Crippen LogP contribution in [-0.2, 0) is 0 Å². The van der Waals surface area contributed by atoms with Gasteiger partial charge in [0.2, 0.25) is 0 Å². The molecule has 11 heteroatoms. The first-order valence-electron chi connectivity index (χ1n) is 13.3. The summed E-state index contributed by atoms with van der Waals surface area (Å²) in [6.45, 7) is 6.85. The van der Waals surface area contributed by atoms with Crippen molar-refractivity contribution in [3.8, 4) is 10.4 Å². The number of carbonyl (C=O) groups is 2. The second kappa shape index (κ2) is 9.82. The van der Waals surface area contributed by atoms with Gasteiger partial charge in [-0.3, -0.25) is 9.59 Å². The van der Waals surface area contributed by atoms with Crippen molar-refractivity contribution in [1.29, 1.82) is 0 Å². The van der Waals surface area contributed by atoms with E-state index < -0.39 is 24.0 Å². The molecule has 0 unspecified atom stereocenters. The molecule has 2 aliphatic heterocycles. The smallest absolute Gasteiger partial charge is 0.280 e. The number of hydrogen-bond donors (Lipinski definition) is 3. The minimum absolute atomic E-state index is 0.00484. The molecular formula is C27H35F2N5O3S. The Kier molecular flexibility index (Phi) is 6.96. The largest absolute Gasteiger partial charge is 0.388 e. The number of anilines is 1. The van der Waals surface area contributed by atoms with Crippen molar-refractivity contribution in [2.45, 2.75) is 108 Å². The van der Waals surface area contributed by atoms with Gasteiger partial charge in [-0.15, -0.1) is 11.3 Å². The molecule has 0 radical (unpaired) electrons. The lowest BCUT2D eigenvalue weighted by Crippen LogP contribution is -2.47. The summed E-state index contributed by atoms with van der Waals surface area (Å²) in [7, 11) is 0. The van der Waals surface area contributed by atoms with Crippen LogP contribution in [0.2, 0.25) is 0 Å². The number of aromatic nitrogens is 2. The van der Waals surface area contributed by atoms with E-state index in [1.807, 2.05) is 11.8 Å². The predicted molar refractivity (Wildman–Crippen MR) is 142 cm³/mol. The number of pyridine rings is 1. The number of aliphatic hydroxyl groups is 1.